The molecule has 188 valence electrons. The summed E-state index contributed by atoms with van der Waals surface area (Å²) in [5.41, 5.74) is 5.32. The number of ether oxygens (including phenoxy) is 1. The first-order valence-corrected chi connectivity index (χ1v) is 12.9. The third-order valence-electron chi connectivity index (χ3n) is 6.86. The van der Waals surface area contributed by atoms with Gasteiger partial charge in [0.15, 0.2) is 5.11 Å². The zero-order valence-corrected chi connectivity index (χ0v) is 22.0. The van der Waals surface area contributed by atoms with E-state index in [0.717, 1.165) is 40.1 Å². The second kappa shape index (κ2) is 10.1. The molecule has 6 rings (SSSR count). The van der Waals surface area contributed by atoms with Crippen molar-refractivity contribution in [3.05, 3.63) is 132 Å². The summed E-state index contributed by atoms with van der Waals surface area (Å²) >= 11 is 5.93. The number of hydrogen-bond donors (Lipinski definition) is 1. The van der Waals surface area contributed by atoms with E-state index in [9.17, 15) is 0 Å². The molecule has 1 fully saturated rings. The molecular formula is C31H27N5OS. The van der Waals surface area contributed by atoms with Gasteiger partial charge in [0.2, 0.25) is 0 Å². The summed E-state index contributed by atoms with van der Waals surface area (Å²) in [5, 5.41) is 4.21. The fourth-order valence-electron chi connectivity index (χ4n) is 5.17. The van der Waals surface area contributed by atoms with Crippen LogP contribution in [0.1, 0.15) is 34.7 Å². The number of anilines is 1. The van der Waals surface area contributed by atoms with Crippen LogP contribution in [-0.4, -0.2) is 19.6 Å². The Labute approximate surface area is 227 Å². The second-order valence-corrected chi connectivity index (χ2v) is 9.64. The highest BCUT2D eigenvalue weighted by atomic mass is 32.1. The van der Waals surface area contributed by atoms with Gasteiger partial charge < -0.3 is 19.5 Å². The second-order valence-electron chi connectivity index (χ2n) is 9.26. The summed E-state index contributed by atoms with van der Waals surface area (Å²) in [6, 6.07) is 31.8. The number of nitrogens with one attached hydrogen (secondary N) is 1. The van der Waals surface area contributed by atoms with Gasteiger partial charge in [-0.1, -0.05) is 30.3 Å². The van der Waals surface area contributed by atoms with Crippen LogP contribution >= 0.6 is 12.2 Å². The molecule has 1 aliphatic heterocycles. The molecule has 1 saturated heterocycles. The largest absolute Gasteiger partial charge is 0.457 e. The Morgan fingerprint density at radius 3 is 2.16 bits per heavy atom. The van der Waals surface area contributed by atoms with Gasteiger partial charge in [-0.2, -0.15) is 0 Å². The van der Waals surface area contributed by atoms with Gasteiger partial charge in [-0.05, 0) is 98.4 Å². The number of thiocarbonyl (C=S) groups is 1. The van der Waals surface area contributed by atoms with Gasteiger partial charge >= 0.3 is 0 Å². The number of pyridine rings is 2. The quantitative estimate of drug-likeness (QED) is 0.249. The lowest BCUT2D eigenvalue weighted by Crippen LogP contribution is -2.29. The van der Waals surface area contributed by atoms with Gasteiger partial charge in [0.1, 0.15) is 17.3 Å². The third kappa shape index (κ3) is 4.41. The zero-order valence-electron chi connectivity index (χ0n) is 21.2. The van der Waals surface area contributed by atoms with Crippen molar-refractivity contribution in [2.45, 2.75) is 25.9 Å². The minimum absolute atomic E-state index is 0.109. The van der Waals surface area contributed by atoms with Gasteiger partial charge in [-0.15, -0.1) is 0 Å². The highest BCUT2D eigenvalue weighted by molar-refractivity contribution is 7.80. The third-order valence-corrected chi connectivity index (χ3v) is 7.17. The monoisotopic (exact) mass is 517 g/mol. The van der Waals surface area contributed by atoms with Crippen LogP contribution in [0.2, 0.25) is 0 Å². The summed E-state index contributed by atoms with van der Waals surface area (Å²) in [4.78, 5) is 11.5. The SMILES string of the molecule is Cc1cc([C@@H]2[C@H](c3ccccn3)NC(=S)N2c2ccc(Oc3ccccc3)cc2)c(C)n1-c1ccccn1. The van der Waals surface area contributed by atoms with Crippen molar-refractivity contribution in [3.8, 4) is 17.3 Å². The van der Waals surface area contributed by atoms with Crippen molar-refractivity contribution in [1.82, 2.24) is 19.9 Å². The van der Waals surface area contributed by atoms with E-state index in [0.29, 0.717) is 5.11 Å². The first-order valence-electron chi connectivity index (χ1n) is 12.5. The van der Waals surface area contributed by atoms with E-state index in [1.165, 1.54) is 5.56 Å². The van der Waals surface area contributed by atoms with Crippen LogP contribution in [0.25, 0.3) is 5.82 Å². The molecular weight excluding hydrogens is 490 g/mol. The Morgan fingerprint density at radius 1 is 0.789 bits per heavy atom. The molecule has 38 heavy (non-hydrogen) atoms. The number of rotatable bonds is 6. The van der Waals surface area contributed by atoms with Crippen molar-refractivity contribution in [3.63, 3.8) is 0 Å². The van der Waals surface area contributed by atoms with Crippen molar-refractivity contribution in [2.24, 2.45) is 0 Å². The van der Waals surface area contributed by atoms with E-state index in [-0.39, 0.29) is 12.1 Å². The van der Waals surface area contributed by atoms with E-state index in [1.807, 2.05) is 91.3 Å². The fourth-order valence-corrected chi connectivity index (χ4v) is 5.52. The van der Waals surface area contributed by atoms with Gasteiger partial charge in [0.05, 0.1) is 17.8 Å². The smallest absolute Gasteiger partial charge is 0.174 e. The van der Waals surface area contributed by atoms with Crippen molar-refractivity contribution in [2.75, 3.05) is 4.90 Å². The lowest BCUT2D eigenvalue weighted by molar-refractivity contribution is 0.482. The number of nitrogens with zero attached hydrogens (tertiary/aromatic N) is 4. The molecule has 2 aromatic carbocycles. The van der Waals surface area contributed by atoms with Gasteiger partial charge in [-0.25, -0.2) is 4.98 Å². The van der Waals surface area contributed by atoms with E-state index >= 15 is 0 Å². The molecule has 4 heterocycles. The summed E-state index contributed by atoms with van der Waals surface area (Å²) in [6.45, 7) is 4.25. The molecule has 3 aromatic heterocycles. The molecule has 0 aliphatic carbocycles. The van der Waals surface area contributed by atoms with E-state index < -0.39 is 0 Å². The Kier molecular flexibility index (Phi) is 6.35. The van der Waals surface area contributed by atoms with Crippen molar-refractivity contribution >= 4 is 23.0 Å². The number of hydrogen-bond acceptors (Lipinski definition) is 4. The molecule has 6 nitrogen and oxygen atoms in total. The molecule has 0 spiro atoms. The number of para-hydroxylation sites is 1. The van der Waals surface area contributed by atoms with Gasteiger partial charge in [0, 0.05) is 29.5 Å². The maximum Gasteiger partial charge on any atom is 0.174 e. The summed E-state index contributed by atoms with van der Waals surface area (Å²) in [7, 11) is 0. The average Bonchev–Trinajstić information content (AvgIpc) is 3.45. The van der Waals surface area contributed by atoms with Gasteiger partial charge in [-0.3, -0.25) is 4.98 Å². The van der Waals surface area contributed by atoms with Crippen LogP contribution in [-0.2, 0) is 0 Å². The first-order chi connectivity index (χ1) is 18.6. The summed E-state index contributed by atoms with van der Waals surface area (Å²) in [5.74, 6) is 2.46. The fraction of sp³-hybridized carbons (Fsp3) is 0.129. The lowest BCUT2D eigenvalue weighted by atomic mass is 9.96. The molecule has 5 aromatic rings. The molecule has 0 unspecified atom stereocenters. The predicted octanol–water partition coefficient (Wildman–Crippen LogP) is 6.85. The molecule has 2 atom stereocenters. The average molecular weight is 518 g/mol. The number of aryl methyl sites for hydroxylation is 1. The Balaban J connectivity index is 1.42. The highest BCUT2D eigenvalue weighted by Crippen LogP contribution is 2.44. The van der Waals surface area contributed by atoms with Crippen molar-refractivity contribution < 1.29 is 4.74 Å². The Bertz CT molecular complexity index is 1550. The predicted molar refractivity (Wildman–Crippen MR) is 154 cm³/mol. The maximum absolute atomic E-state index is 6.02. The van der Waals surface area contributed by atoms with Crippen LogP contribution in [0.15, 0.2) is 109 Å². The minimum Gasteiger partial charge on any atom is -0.457 e. The number of aromatic nitrogens is 3. The van der Waals surface area contributed by atoms with Crippen LogP contribution in [0.3, 0.4) is 0 Å². The van der Waals surface area contributed by atoms with Crippen LogP contribution < -0.4 is 15.0 Å². The van der Waals surface area contributed by atoms with E-state index in [2.05, 4.69) is 56.8 Å². The molecule has 0 saturated carbocycles. The van der Waals surface area contributed by atoms with E-state index in [1.54, 1.807) is 0 Å². The maximum atomic E-state index is 6.02. The van der Waals surface area contributed by atoms with Crippen LogP contribution in [0.5, 0.6) is 11.5 Å². The molecule has 1 N–H and O–H groups in total. The molecule has 1 aliphatic rings. The summed E-state index contributed by atoms with van der Waals surface area (Å²) in [6.07, 6.45) is 3.65. The first kappa shape index (κ1) is 23.9. The standard InChI is InChI=1S/C31H27N5OS/c1-21-20-26(22(2)35(21)28-13-7-9-19-33-28)30-29(27-12-6-8-18-32-27)34-31(38)36(30)23-14-16-25(17-15-23)37-24-10-4-3-5-11-24/h3-20,29-30H,1-2H3,(H,34,38)/t29-,30+/m0/s1. The zero-order chi connectivity index (χ0) is 26.1. The molecule has 0 radical (unpaired) electrons. The van der Waals surface area contributed by atoms with Gasteiger partial charge in [0.25, 0.3) is 0 Å². The van der Waals surface area contributed by atoms with Crippen LogP contribution in [0, 0.1) is 13.8 Å². The number of benzene rings is 2. The Hall–Kier alpha value is -4.49. The highest BCUT2D eigenvalue weighted by Gasteiger charge is 2.42. The lowest BCUT2D eigenvalue weighted by Gasteiger charge is -2.28. The van der Waals surface area contributed by atoms with E-state index in [4.69, 9.17) is 17.0 Å². The summed E-state index contributed by atoms with van der Waals surface area (Å²) < 4.78 is 8.22. The van der Waals surface area contributed by atoms with Crippen molar-refractivity contribution in [1.29, 1.82) is 0 Å². The van der Waals surface area contributed by atoms with Crippen LogP contribution in [0.4, 0.5) is 5.69 Å². The minimum atomic E-state index is -0.123. The molecule has 0 amide bonds. The Morgan fingerprint density at radius 2 is 1.47 bits per heavy atom. The topological polar surface area (TPSA) is 55.2 Å². The molecule has 7 heteroatoms. The normalized spacial score (nSPS) is 16.9. The molecule has 0 bridgehead atoms.